The molecule has 198 valence electrons. The Morgan fingerprint density at radius 3 is 1.20 bits per heavy atom. The van der Waals surface area contributed by atoms with Crippen molar-refractivity contribution in [2.24, 2.45) is 0 Å². The van der Waals surface area contributed by atoms with E-state index in [4.69, 9.17) is 0 Å². The Hall–Kier alpha value is -0.190. The molecule has 0 bridgehead atoms. The molecule has 4 aromatic carbocycles. The van der Waals surface area contributed by atoms with Crippen LogP contribution in [0.25, 0.3) is 0 Å². The van der Waals surface area contributed by atoms with E-state index in [0.29, 0.717) is 6.54 Å². The summed E-state index contributed by atoms with van der Waals surface area (Å²) in [6.07, 6.45) is 1.39. The minimum Gasteiger partial charge on any atom is -0.811 e. The van der Waals surface area contributed by atoms with E-state index in [1.54, 1.807) is 0 Å². The van der Waals surface area contributed by atoms with Crippen molar-refractivity contribution in [3.63, 3.8) is 0 Å². The van der Waals surface area contributed by atoms with Crippen molar-refractivity contribution >= 4 is 44.7 Å². The summed E-state index contributed by atoms with van der Waals surface area (Å²) in [5.41, 5.74) is 0. The molecule has 0 atom stereocenters. The van der Waals surface area contributed by atoms with Crippen molar-refractivity contribution < 1.29 is 73.5 Å². The summed E-state index contributed by atoms with van der Waals surface area (Å²) in [6, 6.07) is 42.7. The minimum absolute atomic E-state index is 0. The van der Waals surface area contributed by atoms with Gasteiger partial charge in [0, 0.05) is 25.7 Å². The molecule has 0 aliphatic rings. The van der Waals surface area contributed by atoms with Gasteiger partial charge in [-0.2, -0.15) is 0 Å². The largest absolute Gasteiger partial charge is 1.00 e. The molecule has 0 aromatic heterocycles. The van der Waals surface area contributed by atoms with Crippen LogP contribution in [0.4, 0.5) is 0 Å². The number of hydrogen-bond donors (Lipinski definition) is 1. The minimum atomic E-state index is -4.50. The van der Waals surface area contributed by atoms with Gasteiger partial charge in [-0.15, -0.1) is 0 Å². The topological polar surface area (TPSA) is 78.5 Å². The van der Waals surface area contributed by atoms with Crippen LogP contribution < -0.4 is 95.4 Å². The normalized spacial score (nSPS) is 11.3. The Labute approximate surface area is 285 Å². The number of benzene rings is 4. The second-order valence-corrected chi connectivity index (χ2v) is 15.0. The van der Waals surface area contributed by atoms with Crippen LogP contribution in [0.15, 0.2) is 121 Å². The molecule has 0 unspecified atom stereocenters. The summed E-state index contributed by atoms with van der Waals surface area (Å²) in [4.78, 5) is 24.7. The van der Waals surface area contributed by atoms with Crippen molar-refractivity contribution in [1.82, 2.24) is 10.2 Å². The summed E-state index contributed by atoms with van der Waals surface area (Å²) in [5.74, 6) is 0. The van der Waals surface area contributed by atoms with Crippen LogP contribution in [0.2, 0.25) is 0 Å². The van der Waals surface area contributed by atoms with E-state index in [1.807, 2.05) is 0 Å². The van der Waals surface area contributed by atoms with Gasteiger partial charge in [0.25, 0.3) is 0 Å². The van der Waals surface area contributed by atoms with Crippen LogP contribution in [0.1, 0.15) is 0 Å². The van der Waals surface area contributed by atoms with Gasteiger partial charge in [-0.05, 0) is 49.8 Å². The van der Waals surface area contributed by atoms with Gasteiger partial charge in [-0.25, -0.2) is 0 Å². The maximum Gasteiger partial charge on any atom is 1.00 e. The van der Waals surface area contributed by atoms with Crippen LogP contribution >= 0.6 is 23.4 Å². The summed E-state index contributed by atoms with van der Waals surface area (Å²) in [7, 11) is -5.78. The van der Waals surface area contributed by atoms with Crippen LogP contribution in [0.5, 0.6) is 0 Å². The predicted molar refractivity (Wildman–Crippen MR) is 160 cm³/mol. The van der Waals surface area contributed by atoms with E-state index in [2.05, 4.69) is 132 Å². The molecule has 0 fully saturated rings. The first-order chi connectivity index (χ1) is 18.5. The molecular weight excluding hydrogens is 575 g/mol. The molecule has 0 saturated heterocycles. The third-order valence-corrected chi connectivity index (χ3v) is 11.9. The van der Waals surface area contributed by atoms with E-state index >= 15 is 0 Å². The standard InChI is InChI=1S/C30H35N2O3P3.2Na/c33-38(34,35)24-22-31-21-23-32(25-36(27-13-5-1-6-14-27)28-15-7-2-8-16-28)26-37(29-17-9-3-10-18-29)30-19-11-4-12-20-30;;/h1-20,31H,21-26H2,(H2,33,34,35);;/q;2*+1/p-2. The Morgan fingerprint density at radius 1 is 0.575 bits per heavy atom. The second kappa shape index (κ2) is 19.2. The first kappa shape index (κ1) is 36.0. The van der Waals surface area contributed by atoms with Gasteiger partial charge in [0.05, 0.1) is 0 Å². The smallest absolute Gasteiger partial charge is 0.811 e. The van der Waals surface area contributed by atoms with Crippen LogP contribution in [0.3, 0.4) is 0 Å². The third kappa shape index (κ3) is 12.2. The molecule has 10 heteroatoms. The zero-order chi connectivity index (χ0) is 26.6. The van der Waals surface area contributed by atoms with Gasteiger partial charge >= 0.3 is 59.1 Å². The molecule has 0 heterocycles. The van der Waals surface area contributed by atoms with E-state index in [1.165, 1.54) is 21.2 Å². The molecule has 0 amide bonds. The second-order valence-electron chi connectivity index (χ2n) is 8.96. The van der Waals surface area contributed by atoms with Gasteiger partial charge in [0.2, 0.25) is 0 Å². The zero-order valence-electron chi connectivity index (χ0n) is 23.3. The molecule has 40 heavy (non-hydrogen) atoms. The first-order valence-electron chi connectivity index (χ1n) is 12.7. The summed E-state index contributed by atoms with van der Waals surface area (Å²) >= 11 is 0. The molecule has 0 aliphatic heterocycles. The zero-order valence-corrected chi connectivity index (χ0v) is 30.0. The summed E-state index contributed by atoms with van der Waals surface area (Å²) in [5, 5.41) is 8.49. The van der Waals surface area contributed by atoms with Gasteiger partial charge in [0.1, 0.15) is 0 Å². The predicted octanol–water partition coefficient (Wildman–Crippen LogP) is -3.02. The van der Waals surface area contributed by atoms with Gasteiger partial charge in [-0.3, -0.25) is 4.90 Å². The number of nitrogens with zero attached hydrogens (tertiary/aromatic N) is 1. The van der Waals surface area contributed by atoms with Gasteiger partial charge < -0.3 is 19.7 Å². The monoisotopic (exact) mass is 608 g/mol. The van der Waals surface area contributed by atoms with Crippen LogP contribution in [0, 0.1) is 0 Å². The maximum atomic E-state index is 11.1. The molecule has 4 aromatic rings. The Morgan fingerprint density at radius 2 is 0.900 bits per heavy atom. The Bertz CT molecular complexity index is 1110. The number of hydrogen-bond acceptors (Lipinski definition) is 5. The van der Waals surface area contributed by atoms with Crippen molar-refractivity contribution in [2.75, 3.05) is 38.4 Å². The SMILES string of the molecule is O=P([O-])([O-])CCNCCN(CP(c1ccccc1)c1ccccc1)CP(c1ccccc1)c1ccccc1.[Na+].[Na+]. The Balaban J connectivity index is 0.00000280. The molecule has 5 nitrogen and oxygen atoms in total. The van der Waals surface area contributed by atoms with Crippen molar-refractivity contribution in [3.8, 4) is 0 Å². The molecule has 1 N–H and O–H groups in total. The Kier molecular flexibility index (Phi) is 17.2. The van der Waals surface area contributed by atoms with E-state index in [9.17, 15) is 14.4 Å². The molecule has 0 aliphatic carbocycles. The van der Waals surface area contributed by atoms with Crippen molar-refractivity contribution in [1.29, 1.82) is 0 Å². The third-order valence-electron chi connectivity index (χ3n) is 6.12. The van der Waals surface area contributed by atoms with E-state index in [-0.39, 0.29) is 71.8 Å². The van der Waals surface area contributed by atoms with Gasteiger partial charge in [-0.1, -0.05) is 129 Å². The van der Waals surface area contributed by atoms with Crippen LogP contribution in [-0.4, -0.2) is 43.3 Å². The van der Waals surface area contributed by atoms with Gasteiger partial charge in [0.15, 0.2) is 0 Å². The number of rotatable bonds is 14. The molecule has 0 spiro atoms. The fourth-order valence-corrected chi connectivity index (χ4v) is 9.47. The van der Waals surface area contributed by atoms with Crippen molar-refractivity contribution in [3.05, 3.63) is 121 Å². The molecular formula is C30H33N2Na2O3P3. The van der Waals surface area contributed by atoms with Crippen molar-refractivity contribution in [2.45, 2.75) is 0 Å². The average Bonchev–Trinajstić information content (AvgIpc) is 2.95. The maximum absolute atomic E-state index is 11.1. The van der Waals surface area contributed by atoms with Crippen LogP contribution in [-0.2, 0) is 4.57 Å². The first-order valence-corrected chi connectivity index (χ1v) is 17.5. The fraction of sp³-hybridized carbons (Fsp3) is 0.200. The molecule has 4 rings (SSSR count). The molecule has 0 radical (unpaired) electrons. The van der Waals surface area contributed by atoms with E-state index in [0.717, 1.165) is 19.1 Å². The summed E-state index contributed by atoms with van der Waals surface area (Å²) in [6.45, 7) is 1.54. The average molecular weight is 609 g/mol. The summed E-state index contributed by atoms with van der Waals surface area (Å²) < 4.78 is 11.1. The number of nitrogens with one attached hydrogen (secondary N) is 1. The quantitative estimate of drug-likeness (QED) is 0.0938. The molecule has 0 saturated carbocycles. The fourth-order valence-electron chi connectivity index (χ4n) is 4.22. The van der Waals surface area contributed by atoms with E-state index < -0.39 is 23.4 Å².